The summed E-state index contributed by atoms with van der Waals surface area (Å²) in [5.74, 6) is 0. The summed E-state index contributed by atoms with van der Waals surface area (Å²) >= 11 is 0. The van der Waals surface area contributed by atoms with E-state index in [0.29, 0.717) is 0 Å². The second kappa shape index (κ2) is 18.8. The van der Waals surface area contributed by atoms with Crippen LogP contribution in [0.4, 0.5) is 28.4 Å². The van der Waals surface area contributed by atoms with Gasteiger partial charge in [0, 0.05) is 40.6 Å². The van der Waals surface area contributed by atoms with Crippen molar-refractivity contribution in [3.63, 3.8) is 0 Å². The van der Waals surface area contributed by atoms with Crippen LogP contribution in [0.5, 0.6) is 0 Å². The van der Waals surface area contributed by atoms with Crippen molar-refractivity contribution in [1.29, 1.82) is 0 Å². The van der Waals surface area contributed by atoms with Gasteiger partial charge in [0.1, 0.15) is 0 Å². The zero-order chi connectivity index (χ0) is 37.8. The van der Waals surface area contributed by atoms with Crippen LogP contribution < -0.4 is 21.3 Å². The van der Waals surface area contributed by atoms with Gasteiger partial charge in [-0.3, -0.25) is 0 Å². The number of para-hydroxylation sites is 1. The standard InChI is InChI=1S/C51H56N4/c1-54(50-35-29-41(17-7-2-4-15-37-52)46-21-11-13-23-48(46)50)43-31-25-39(26-32-43)40-27-33-45(34-28-40)55(44-19-9-6-10-20-44)51-36-30-42(18-8-3-5-16-38-53)47-22-12-14-24-49(47)51/h6,9-14,19-36H,2-5,7-8,15-18,37-38,52-53H2,1H3. The molecule has 7 rings (SSSR count). The lowest BCUT2D eigenvalue weighted by molar-refractivity contribution is 0.648. The number of rotatable bonds is 18. The second-order valence-electron chi connectivity index (χ2n) is 14.8. The number of fused-ring (bicyclic) bond motifs is 2. The Labute approximate surface area is 328 Å². The Hall–Kier alpha value is -5.42. The van der Waals surface area contributed by atoms with E-state index in [1.807, 2.05) is 0 Å². The lowest BCUT2D eigenvalue weighted by atomic mass is 9.97. The molecule has 4 nitrogen and oxygen atoms in total. The largest absolute Gasteiger partial charge is 0.344 e. The number of hydrogen-bond donors (Lipinski definition) is 2. The molecule has 4 N–H and O–H groups in total. The zero-order valence-corrected chi connectivity index (χ0v) is 32.5. The van der Waals surface area contributed by atoms with E-state index in [1.54, 1.807) is 0 Å². The zero-order valence-electron chi connectivity index (χ0n) is 32.5. The minimum absolute atomic E-state index is 0.780. The van der Waals surface area contributed by atoms with E-state index >= 15 is 0 Å². The fourth-order valence-electron chi connectivity index (χ4n) is 8.07. The number of unbranched alkanes of at least 4 members (excludes halogenated alkanes) is 6. The highest BCUT2D eigenvalue weighted by Crippen LogP contribution is 2.41. The minimum atomic E-state index is 0.780. The van der Waals surface area contributed by atoms with Crippen LogP contribution in [0.25, 0.3) is 32.7 Å². The molecule has 0 aliphatic rings. The molecule has 0 aliphatic heterocycles. The average Bonchev–Trinajstić information content (AvgIpc) is 3.24. The van der Waals surface area contributed by atoms with E-state index in [4.69, 9.17) is 11.5 Å². The van der Waals surface area contributed by atoms with Crippen molar-refractivity contribution in [3.05, 3.63) is 163 Å². The first kappa shape index (κ1) is 37.9. The highest BCUT2D eigenvalue weighted by Gasteiger charge is 2.17. The molecule has 0 saturated heterocycles. The lowest BCUT2D eigenvalue weighted by Gasteiger charge is -2.27. The summed E-state index contributed by atoms with van der Waals surface area (Å²) in [4.78, 5) is 4.71. The molecule has 0 aromatic heterocycles. The van der Waals surface area contributed by atoms with Gasteiger partial charge in [0.15, 0.2) is 0 Å². The molecule has 0 radical (unpaired) electrons. The number of aryl methyl sites for hydroxylation is 2. The second-order valence-corrected chi connectivity index (χ2v) is 14.8. The van der Waals surface area contributed by atoms with E-state index in [1.165, 1.54) is 99.4 Å². The molecule has 7 aromatic carbocycles. The Morgan fingerprint density at radius 2 is 0.782 bits per heavy atom. The molecular weight excluding hydrogens is 669 g/mol. The van der Waals surface area contributed by atoms with Crippen LogP contribution in [-0.2, 0) is 12.8 Å². The Balaban J connectivity index is 1.12. The summed E-state index contributed by atoms with van der Waals surface area (Å²) in [7, 11) is 2.18. The van der Waals surface area contributed by atoms with Crippen molar-refractivity contribution in [1.82, 2.24) is 0 Å². The molecule has 0 saturated carbocycles. The molecule has 0 heterocycles. The number of hydrogen-bond acceptors (Lipinski definition) is 4. The minimum Gasteiger partial charge on any atom is -0.344 e. The van der Waals surface area contributed by atoms with Crippen molar-refractivity contribution in [2.45, 2.75) is 64.2 Å². The third-order valence-corrected chi connectivity index (χ3v) is 11.1. The summed E-state index contributed by atoms with van der Waals surface area (Å²) < 4.78 is 0. The summed E-state index contributed by atoms with van der Waals surface area (Å²) in [5, 5.41) is 5.26. The molecule has 0 spiro atoms. The van der Waals surface area contributed by atoms with Gasteiger partial charge in [0.25, 0.3) is 0 Å². The Morgan fingerprint density at radius 1 is 0.364 bits per heavy atom. The number of benzene rings is 7. The smallest absolute Gasteiger partial charge is 0.0540 e. The van der Waals surface area contributed by atoms with Crippen molar-refractivity contribution < 1.29 is 0 Å². The fourth-order valence-corrected chi connectivity index (χ4v) is 8.07. The number of nitrogens with two attached hydrogens (primary N) is 2. The van der Waals surface area contributed by atoms with Gasteiger partial charge in [-0.15, -0.1) is 0 Å². The van der Waals surface area contributed by atoms with Crippen LogP contribution in [0.15, 0.2) is 152 Å². The SMILES string of the molecule is CN(c1ccc(-c2ccc(N(c3ccccc3)c3ccc(CCCCCCN)c4ccccc34)cc2)cc1)c1ccc(CCCCCCN)c2ccccc12. The molecule has 7 aromatic rings. The molecule has 0 bridgehead atoms. The molecule has 0 unspecified atom stereocenters. The van der Waals surface area contributed by atoms with Gasteiger partial charge < -0.3 is 21.3 Å². The highest BCUT2D eigenvalue weighted by atomic mass is 15.1. The molecule has 4 heteroatoms. The van der Waals surface area contributed by atoms with Crippen LogP contribution in [0.3, 0.4) is 0 Å². The van der Waals surface area contributed by atoms with Crippen LogP contribution in [0, 0.1) is 0 Å². The predicted molar refractivity (Wildman–Crippen MR) is 239 cm³/mol. The topological polar surface area (TPSA) is 58.5 Å². The van der Waals surface area contributed by atoms with Gasteiger partial charge in [-0.25, -0.2) is 0 Å². The monoisotopic (exact) mass is 724 g/mol. The van der Waals surface area contributed by atoms with E-state index in [9.17, 15) is 0 Å². The summed E-state index contributed by atoms with van der Waals surface area (Å²) in [6, 6.07) is 55.7. The molecular formula is C51H56N4. The van der Waals surface area contributed by atoms with Gasteiger partial charge >= 0.3 is 0 Å². The first-order valence-electron chi connectivity index (χ1n) is 20.4. The fraction of sp³-hybridized carbons (Fsp3) is 0.255. The maximum absolute atomic E-state index is 5.74. The molecule has 0 amide bonds. The van der Waals surface area contributed by atoms with Gasteiger partial charge in [-0.2, -0.15) is 0 Å². The van der Waals surface area contributed by atoms with Crippen molar-refractivity contribution in [3.8, 4) is 11.1 Å². The molecule has 55 heavy (non-hydrogen) atoms. The Bertz CT molecular complexity index is 2260. The van der Waals surface area contributed by atoms with E-state index in [0.717, 1.165) is 50.1 Å². The summed E-state index contributed by atoms with van der Waals surface area (Å²) in [5.41, 5.74) is 22.5. The van der Waals surface area contributed by atoms with Crippen molar-refractivity contribution in [2.24, 2.45) is 11.5 Å². The van der Waals surface area contributed by atoms with E-state index < -0.39 is 0 Å². The quantitative estimate of drug-likeness (QED) is 0.0865. The third-order valence-electron chi connectivity index (χ3n) is 11.1. The lowest BCUT2D eigenvalue weighted by Crippen LogP contribution is -2.11. The Kier molecular flexibility index (Phi) is 12.9. The van der Waals surface area contributed by atoms with E-state index in [-0.39, 0.29) is 0 Å². The van der Waals surface area contributed by atoms with Crippen LogP contribution in [0.2, 0.25) is 0 Å². The number of nitrogens with zero attached hydrogens (tertiary/aromatic N) is 2. The third kappa shape index (κ3) is 8.94. The van der Waals surface area contributed by atoms with Crippen LogP contribution in [0.1, 0.15) is 62.5 Å². The Morgan fingerprint density at radius 3 is 1.31 bits per heavy atom. The first-order valence-corrected chi connectivity index (χ1v) is 20.4. The average molecular weight is 725 g/mol. The maximum atomic E-state index is 5.74. The normalized spacial score (nSPS) is 11.3. The predicted octanol–water partition coefficient (Wildman–Crippen LogP) is 13.0. The highest BCUT2D eigenvalue weighted by molar-refractivity contribution is 6.01. The molecule has 280 valence electrons. The van der Waals surface area contributed by atoms with Crippen molar-refractivity contribution in [2.75, 3.05) is 29.9 Å². The summed E-state index contributed by atoms with van der Waals surface area (Å²) in [6.07, 6.45) is 11.7. The van der Waals surface area contributed by atoms with Crippen LogP contribution in [-0.4, -0.2) is 20.1 Å². The number of anilines is 5. The van der Waals surface area contributed by atoms with Crippen LogP contribution >= 0.6 is 0 Å². The summed E-state index contributed by atoms with van der Waals surface area (Å²) in [6.45, 7) is 1.57. The van der Waals surface area contributed by atoms with Gasteiger partial charge in [-0.1, -0.05) is 129 Å². The van der Waals surface area contributed by atoms with E-state index in [2.05, 4.69) is 169 Å². The van der Waals surface area contributed by atoms with Gasteiger partial charge in [0.05, 0.1) is 5.69 Å². The molecule has 0 aliphatic carbocycles. The van der Waals surface area contributed by atoms with Gasteiger partial charge in [0.2, 0.25) is 0 Å². The maximum Gasteiger partial charge on any atom is 0.0540 e. The first-order chi connectivity index (χ1) is 27.2. The molecule has 0 atom stereocenters. The van der Waals surface area contributed by atoms with Crippen molar-refractivity contribution >= 4 is 50.0 Å². The molecule has 0 fully saturated rings. The van der Waals surface area contributed by atoms with Gasteiger partial charge in [-0.05, 0) is 133 Å².